The van der Waals surface area contributed by atoms with E-state index in [0.717, 1.165) is 12.3 Å². The van der Waals surface area contributed by atoms with Gasteiger partial charge in [-0.25, -0.2) is 9.59 Å². The van der Waals surface area contributed by atoms with E-state index in [1.807, 2.05) is 0 Å². The molecule has 0 saturated heterocycles. The van der Waals surface area contributed by atoms with Crippen LogP contribution in [-0.4, -0.2) is 23.7 Å². The van der Waals surface area contributed by atoms with Crippen molar-refractivity contribution >= 4 is 33.6 Å². The van der Waals surface area contributed by atoms with Gasteiger partial charge in [0.2, 0.25) is 0 Å². The molecule has 2 rings (SSSR count). The number of benzene rings is 1. The van der Waals surface area contributed by atoms with Gasteiger partial charge in [-0.15, -0.1) is 0 Å². The Morgan fingerprint density at radius 3 is 2.70 bits per heavy atom. The third-order valence-corrected chi connectivity index (χ3v) is 4.22. The number of aromatic carboxylic acids is 1. The highest BCUT2D eigenvalue weighted by atomic mass is 79.9. The number of halogens is 1. The number of hydrogen-bond acceptors (Lipinski definition) is 2. The lowest BCUT2D eigenvalue weighted by molar-refractivity contribution is 0.0697. The first-order valence-corrected chi connectivity index (χ1v) is 7.43. The summed E-state index contributed by atoms with van der Waals surface area (Å²) in [6.45, 7) is 0.646. The van der Waals surface area contributed by atoms with Gasteiger partial charge >= 0.3 is 12.0 Å². The second-order valence-corrected chi connectivity index (χ2v) is 5.82. The minimum atomic E-state index is -1.02. The maximum absolute atomic E-state index is 11.7. The SMILES string of the molecule is O=C(NCCC1CCC1)Nc1cc(C(=O)O)ccc1Br. The third-order valence-electron chi connectivity index (χ3n) is 3.52. The molecule has 20 heavy (non-hydrogen) atoms. The van der Waals surface area contributed by atoms with Crippen LogP contribution in [0.15, 0.2) is 22.7 Å². The molecule has 0 aromatic heterocycles. The monoisotopic (exact) mass is 340 g/mol. The van der Waals surface area contributed by atoms with Crippen LogP contribution in [0.4, 0.5) is 10.5 Å². The summed E-state index contributed by atoms with van der Waals surface area (Å²) in [6.07, 6.45) is 4.82. The molecule has 6 heteroatoms. The Balaban J connectivity index is 1.86. The number of urea groups is 1. The number of nitrogens with one attached hydrogen (secondary N) is 2. The number of carbonyl (C=O) groups is 2. The van der Waals surface area contributed by atoms with Gasteiger partial charge in [0, 0.05) is 11.0 Å². The zero-order valence-electron chi connectivity index (χ0n) is 11.0. The normalized spacial score (nSPS) is 14.4. The fraction of sp³-hybridized carbons (Fsp3) is 0.429. The molecule has 1 saturated carbocycles. The zero-order chi connectivity index (χ0) is 14.5. The summed E-state index contributed by atoms with van der Waals surface area (Å²) in [5, 5.41) is 14.4. The van der Waals surface area contributed by atoms with Gasteiger partial charge in [-0.1, -0.05) is 19.3 Å². The van der Waals surface area contributed by atoms with Crippen LogP contribution in [-0.2, 0) is 0 Å². The summed E-state index contributed by atoms with van der Waals surface area (Å²) in [7, 11) is 0. The molecule has 3 N–H and O–H groups in total. The summed E-state index contributed by atoms with van der Waals surface area (Å²) in [6, 6.07) is 4.20. The maximum Gasteiger partial charge on any atom is 0.335 e. The summed E-state index contributed by atoms with van der Waals surface area (Å²) in [5.74, 6) is -0.275. The molecule has 0 bridgehead atoms. The minimum Gasteiger partial charge on any atom is -0.478 e. The summed E-state index contributed by atoms with van der Waals surface area (Å²) < 4.78 is 0.650. The number of carboxylic acid groups (broad SMARTS) is 1. The molecule has 2 amide bonds. The van der Waals surface area contributed by atoms with E-state index in [9.17, 15) is 9.59 Å². The first-order chi connectivity index (χ1) is 9.56. The Morgan fingerprint density at radius 2 is 2.10 bits per heavy atom. The lowest BCUT2D eigenvalue weighted by atomic mass is 9.83. The van der Waals surface area contributed by atoms with E-state index in [1.54, 1.807) is 6.07 Å². The zero-order valence-corrected chi connectivity index (χ0v) is 12.6. The smallest absolute Gasteiger partial charge is 0.335 e. The highest BCUT2D eigenvalue weighted by Crippen LogP contribution is 2.28. The summed E-state index contributed by atoms with van der Waals surface area (Å²) >= 11 is 3.28. The minimum absolute atomic E-state index is 0.137. The molecular formula is C14H17BrN2O3. The van der Waals surface area contributed by atoms with Gasteiger partial charge in [0.25, 0.3) is 0 Å². The second kappa shape index (κ2) is 6.74. The van der Waals surface area contributed by atoms with Crippen molar-refractivity contribution in [3.05, 3.63) is 28.2 Å². The van der Waals surface area contributed by atoms with Crippen LogP contribution in [0.25, 0.3) is 0 Å². The molecule has 1 aromatic carbocycles. The first kappa shape index (κ1) is 14.8. The molecule has 0 aliphatic heterocycles. The topological polar surface area (TPSA) is 78.4 Å². The molecule has 1 aliphatic rings. The van der Waals surface area contributed by atoms with Crippen LogP contribution in [0.3, 0.4) is 0 Å². The lowest BCUT2D eigenvalue weighted by Crippen LogP contribution is -2.31. The molecular weight excluding hydrogens is 324 g/mol. The van der Waals surface area contributed by atoms with E-state index in [0.29, 0.717) is 16.7 Å². The molecule has 1 fully saturated rings. The van der Waals surface area contributed by atoms with Crippen LogP contribution >= 0.6 is 15.9 Å². The number of carbonyl (C=O) groups excluding carboxylic acids is 1. The van der Waals surface area contributed by atoms with Gasteiger partial charge in [-0.05, 0) is 46.5 Å². The van der Waals surface area contributed by atoms with Crippen molar-refractivity contribution in [3.8, 4) is 0 Å². The van der Waals surface area contributed by atoms with E-state index >= 15 is 0 Å². The van der Waals surface area contributed by atoms with Gasteiger partial charge in [-0.2, -0.15) is 0 Å². The molecule has 0 unspecified atom stereocenters. The van der Waals surface area contributed by atoms with Crippen molar-refractivity contribution in [2.75, 3.05) is 11.9 Å². The van der Waals surface area contributed by atoms with Crippen molar-refractivity contribution in [1.29, 1.82) is 0 Å². The summed E-state index contributed by atoms with van der Waals surface area (Å²) in [5.41, 5.74) is 0.587. The van der Waals surface area contributed by atoms with Crippen molar-refractivity contribution in [3.63, 3.8) is 0 Å². The number of anilines is 1. The first-order valence-electron chi connectivity index (χ1n) is 6.64. The van der Waals surface area contributed by atoms with Crippen molar-refractivity contribution in [2.45, 2.75) is 25.7 Å². The summed E-state index contributed by atoms with van der Waals surface area (Å²) in [4.78, 5) is 22.6. The number of rotatable bonds is 5. The molecule has 0 radical (unpaired) electrons. The predicted octanol–water partition coefficient (Wildman–Crippen LogP) is 3.46. The predicted molar refractivity (Wildman–Crippen MR) is 80.1 cm³/mol. The second-order valence-electron chi connectivity index (χ2n) is 4.97. The lowest BCUT2D eigenvalue weighted by Gasteiger charge is -2.25. The Bertz CT molecular complexity index is 515. The van der Waals surface area contributed by atoms with Gasteiger partial charge in [0.15, 0.2) is 0 Å². The largest absolute Gasteiger partial charge is 0.478 e. The Morgan fingerprint density at radius 1 is 1.35 bits per heavy atom. The number of carboxylic acids is 1. The van der Waals surface area contributed by atoms with Crippen LogP contribution in [0.1, 0.15) is 36.0 Å². The van der Waals surface area contributed by atoms with Crippen molar-refractivity contribution in [1.82, 2.24) is 5.32 Å². The van der Waals surface area contributed by atoms with Crippen LogP contribution in [0.2, 0.25) is 0 Å². The Hall–Kier alpha value is -1.56. The van der Waals surface area contributed by atoms with Gasteiger partial charge in [0.1, 0.15) is 0 Å². The van der Waals surface area contributed by atoms with E-state index in [4.69, 9.17) is 5.11 Å². The molecule has 1 aliphatic carbocycles. The fourth-order valence-corrected chi connectivity index (χ4v) is 2.44. The Kier molecular flexibility index (Phi) is 5.00. The molecule has 1 aromatic rings. The average molecular weight is 341 g/mol. The maximum atomic E-state index is 11.7. The Labute approximate surface area is 125 Å². The fourth-order valence-electron chi connectivity index (χ4n) is 2.09. The molecule has 5 nitrogen and oxygen atoms in total. The van der Waals surface area contributed by atoms with Gasteiger partial charge in [-0.3, -0.25) is 0 Å². The molecule has 0 spiro atoms. The number of amides is 2. The van der Waals surface area contributed by atoms with Crippen molar-refractivity contribution in [2.24, 2.45) is 5.92 Å². The van der Waals surface area contributed by atoms with Gasteiger partial charge in [0.05, 0.1) is 11.3 Å². The van der Waals surface area contributed by atoms with Crippen molar-refractivity contribution < 1.29 is 14.7 Å². The number of hydrogen-bond donors (Lipinski definition) is 3. The average Bonchev–Trinajstić information content (AvgIpc) is 2.34. The van der Waals surface area contributed by atoms with E-state index < -0.39 is 5.97 Å². The molecule has 108 valence electrons. The highest BCUT2D eigenvalue weighted by Gasteiger charge is 2.17. The molecule has 0 heterocycles. The standard InChI is InChI=1S/C14H17BrN2O3/c15-11-5-4-10(13(18)19)8-12(11)17-14(20)16-7-6-9-2-1-3-9/h4-5,8-9H,1-3,6-7H2,(H,18,19)(H2,16,17,20). The third kappa shape index (κ3) is 3.96. The highest BCUT2D eigenvalue weighted by molar-refractivity contribution is 9.10. The van der Waals surface area contributed by atoms with E-state index in [1.165, 1.54) is 31.4 Å². The molecule has 0 atom stereocenters. The van der Waals surface area contributed by atoms with Crippen LogP contribution in [0, 0.1) is 5.92 Å². The van der Waals surface area contributed by atoms with E-state index in [2.05, 4.69) is 26.6 Å². The van der Waals surface area contributed by atoms with E-state index in [-0.39, 0.29) is 11.6 Å². The quantitative estimate of drug-likeness (QED) is 0.767. The van der Waals surface area contributed by atoms with Gasteiger partial charge < -0.3 is 15.7 Å². The van der Waals surface area contributed by atoms with Crippen LogP contribution < -0.4 is 10.6 Å². The van der Waals surface area contributed by atoms with Crippen LogP contribution in [0.5, 0.6) is 0 Å².